The van der Waals surface area contributed by atoms with E-state index >= 15 is 0 Å². The molecule has 0 heterocycles. The summed E-state index contributed by atoms with van der Waals surface area (Å²) in [6.07, 6.45) is 4.81. The van der Waals surface area contributed by atoms with E-state index in [0.717, 1.165) is 0 Å². The van der Waals surface area contributed by atoms with E-state index in [0.29, 0.717) is 28.3 Å². The fourth-order valence-electron chi connectivity index (χ4n) is 8.41. The van der Waals surface area contributed by atoms with Gasteiger partial charge in [0.2, 0.25) is 0 Å². The predicted octanol–water partition coefficient (Wildman–Crippen LogP) is 10.4. The average molecular weight is 654 g/mol. The minimum atomic E-state index is -0.542. The van der Waals surface area contributed by atoms with Gasteiger partial charge in [-0.3, -0.25) is 0 Å². The van der Waals surface area contributed by atoms with Gasteiger partial charge in [-0.15, -0.1) is 0 Å². The van der Waals surface area contributed by atoms with Crippen LogP contribution in [-0.2, 0) is 25.7 Å². The summed E-state index contributed by atoms with van der Waals surface area (Å²) in [5, 5.41) is 20.6. The standard InChI is InChI=1S/C39H51P3.C2H3N/c1-23(2)40(24(3)4)32-19-15-28-11-13-30-17-21-34(38(32)36(28)30)42(27(9)10)35-22-18-31-14-12-29-16-20-33(39(35)37(29)31)41(25(5)6)26(7)8;1-2-3/h15-27H,11-14H2,1-10H3;1H3. The zero-order chi connectivity index (χ0) is 32.7. The number of rotatable bonds is 9. The van der Waals surface area contributed by atoms with Gasteiger partial charge in [0, 0.05) is 6.92 Å². The lowest BCUT2D eigenvalue weighted by Gasteiger charge is -2.33. The minimum absolute atomic E-state index is 0.255. The van der Waals surface area contributed by atoms with Gasteiger partial charge in [0.1, 0.15) is 0 Å². The molecule has 0 saturated heterocycles. The van der Waals surface area contributed by atoms with Gasteiger partial charge in [0.25, 0.3) is 0 Å². The molecule has 1 nitrogen and oxygen atoms in total. The van der Waals surface area contributed by atoms with Gasteiger partial charge in [0.05, 0.1) is 6.07 Å². The van der Waals surface area contributed by atoms with Crippen molar-refractivity contribution in [3.8, 4) is 6.07 Å². The van der Waals surface area contributed by atoms with Crippen LogP contribution in [0, 0.1) is 11.3 Å². The molecule has 4 aromatic carbocycles. The Kier molecular flexibility index (Phi) is 10.8. The Labute approximate surface area is 277 Å². The molecular formula is C41H54NP3. The van der Waals surface area contributed by atoms with Crippen LogP contribution in [0.3, 0.4) is 0 Å². The van der Waals surface area contributed by atoms with Crippen LogP contribution in [0.25, 0.3) is 21.5 Å². The van der Waals surface area contributed by atoms with Crippen LogP contribution in [0.4, 0.5) is 0 Å². The Morgan fingerprint density at radius 2 is 0.711 bits per heavy atom. The summed E-state index contributed by atoms with van der Waals surface area (Å²) in [7, 11) is -1.05. The highest BCUT2D eigenvalue weighted by atomic mass is 31.1. The lowest BCUT2D eigenvalue weighted by atomic mass is 10.0. The minimum Gasteiger partial charge on any atom is -0.199 e. The number of nitrogens with zero attached hydrogens (tertiary/aromatic N) is 1. The lowest BCUT2D eigenvalue weighted by molar-refractivity contribution is 1.02. The van der Waals surface area contributed by atoms with Crippen molar-refractivity contribution in [2.45, 2.75) is 130 Å². The van der Waals surface area contributed by atoms with E-state index in [1.807, 2.05) is 0 Å². The van der Waals surface area contributed by atoms with Crippen LogP contribution >= 0.6 is 23.8 Å². The number of hydrogen-bond acceptors (Lipinski definition) is 1. The number of benzene rings is 4. The summed E-state index contributed by atoms with van der Waals surface area (Å²) < 4.78 is 0. The molecule has 6 rings (SSSR count). The van der Waals surface area contributed by atoms with E-state index in [4.69, 9.17) is 5.26 Å². The Balaban J connectivity index is 0.00000128. The van der Waals surface area contributed by atoms with Gasteiger partial charge in [-0.2, -0.15) is 5.26 Å². The zero-order valence-electron chi connectivity index (χ0n) is 29.6. The van der Waals surface area contributed by atoms with Crippen molar-refractivity contribution in [2.24, 2.45) is 0 Å². The van der Waals surface area contributed by atoms with Gasteiger partial charge in [-0.25, -0.2) is 0 Å². The third kappa shape index (κ3) is 6.27. The van der Waals surface area contributed by atoms with Crippen molar-refractivity contribution in [3.63, 3.8) is 0 Å². The molecule has 4 heteroatoms. The molecule has 45 heavy (non-hydrogen) atoms. The zero-order valence-corrected chi connectivity index (χ0v) is 32.3. The Bertz CT molecular complexity index is 1580. The SMILES string of the molecule is CC#N.CC(C)P(c1ccc2c3c(ccc(P(C(C)C)C(C)C)c13)CC2)c1ccc2c3c(ccc(P(C(C)C)C(C)C)c13)CC2. The Morgan fingerprint density at radius 1 is 0.444 bits per heavy atom. The van der Waals surface area contributed by atoms with Crippen LogP contribution in [0.15, 0.2) is 48.5 Å². The average Bonchev–Trinajstić information content (AvgIpc) is 3.58. The second-order valence-corrected chi connectivity index (χ2v) is 23.8. The molecule has 0 fully saturated rings. The second kappa shape index (κ2) is 14.1. The molecule has 2 aliphatic rings. The number of nitriles is 1. The van der Waals surface area contributed by atoms with E-state index in [2.05, 4.69) is 118 Å². The Morgan fingerprint density at radius 3 is 0.956 bits per heavy atom. The number of hydrogen-bond donors (Lipinski definition) is 0. The maximum atomic E-state index is 7.32. The molecule has 238 valence electrons. The van der Waals surface area contributed by atoms with Crippen molar-refractivity contribution >= 4 is 66.5 Å². The summed E-state index contributed by atoms with van der Waals surface area (Å²) >= 11 is 0. The molecule has 0 saturated carbocycles. The molecule has 2 aliphatic carbocycles. The highest BCUT2D eigenvalue weighted by Gasteiger charge is 2.33. The third-order valence-corrected chi connectivity index (χ3v) is 18.8. The maximum Gasteiger partial charge on any atom is 0.0587 e. The molecule has 0 radical (unpaired) electrons. The maximum absolute atomic E-state index is 7.32. The van der Waals surface area contributed by atoms with Gasteiger partial charge >= 0.3 is 0 Å². The summed E-state index contributed by atoms with van der Waals surface area (Å²) in [6.45, 7) is 26.2. The van der Waals surface area contributed by atoms with Gasteiger partial charge in [0.15, 0.2) is 0 Å². The Hall–Kier alpha value is -1.82. The monoisotopic (exact) mass is 653 g/mol. The topological polar surface area (TPSA) is 23.8 Å². The molecule has 0 unspecified atom stereocenters. The summed E-state index contributed by atoms with van der Waals surface area (Å²) in [4.78, 5) is 0. The van der Waals surface area contributed by atoms with Crippen LogP contribution in [0.1, 0.15) is 98.4 Å². The highest BCUT2D eigenvalue weighted by molar-refractivity contribution is 7.75. The van der Waals surface area contributed by atoms with E-state index in [1.165, 1.54) is 32.6 Å². The van der Waals surface area contributed by atoms with Gasteiger partial charge in [-0.1, -0.05) is 134 Å². The van der Waals surface area contributed by atoms with Crippen molar-refractivity contribution in [3.05, 3.63) is 70.8 Å². The molecule has 0 spiro atoms. The molecule has 0 atom stereocenters. The third-order valence-electron chi connectivity index (χ3n) is 9.72. The summed E-state index contributed by atoms with van der Waals surface area (Å²) in [5.74, 6) is 0. The van der Waals surface area contributed by atoms with Gasteiger partial charge in [-0.05, 0) is 127 Å². The first kappa shape index (κ1) is 34.5. The quantitative estimate of drug-likeness (QED) is 0.165. The summed E-state index contributed by atoms with van der Waals surface area (Å²) in [5.41, 5.74) is 9.67. The number of aryl methyl sites for hydroxylation is 4. The largest absolute Gasteiger partial charge is 0.199 e. The first-order chi connectivity index (χ1) is 21.4. The first-order valence-electron chi connectivity index (χ1n) is 17.2. The van der Waals surface area contributed by atoms with Crippen LogP contribution < -0.4 is 21.2 Å². The molecule has 0 aromatic heterocycles. The molecule has 0 bridgehead atoms. The smallest absolute Gasteiger partial charge is 0.0587 e. The molecule has 0 N–H and O–H groups in total. The van der Waals surface area contributed by atoms with E-state index in [9.17, 15) is 0 Å². The van der Waals surface area contributed by atoms with E-state index < -0.39 is 7.92 Å². The highest BCUT2D eigenvalue weighted by Crippen LogP contribution is 2.53. The predicted molar refractivity (Wildman–Crippen MR) is 209 cm³/mol. The first-order valence-corrected chi connectivity index (χ1v) is 21.6. The molecule has 4 aromatic rings. The fourth-order valence-corrected chi connectivity index (χ4v) is 17.5. The lowest BCUT2D eigenvalue weighted by Crippen LogP contribution is -2.27. The van der Waals surface area contributed by atoms with E-state index in [-0.39, 0.29) is 15.8 Å². The van der Waals surface area contributed by atoms with Crippen molar-refractivity contribution in [2.75, 3.05) is 0 Å². The molecular weight excluding hydrogens is 599 g/mol. The molecule has 0 aliphatic heterocycles. The second-order valence-electron chi connectivity index (χ2n) is 14.4. The normalized spacial score (nSPS) is 14.0. The fraction of sp³-hybridized carbons (Fsp3) is 0.488. The summed E-state index contributed by atoms with van der Waals surface area (Å²) in [6, 6.07) is 22.2. The van der Waals surface area contributed by atoms with Gasteiger partial charge < -0.3 is 0 Å². The van der Waals surface area contributed by atoms with Crippen molar-refractivity contribution in [1.82, 2.24) is 0 Å². The van der Waals surface area contributed by atoms with Crippen LogP contribution in [-0.4, -0.2) is 28.3 Å². The van der Waals surface area contributed by atoms with Crippen molar-refractivity contribution in [1.29, 1.82) is 5.26 Å². The van der Waals surface area contributed by atoms with E-state index in [1.54, 1.807) is 71.1 Å². The van der Waals surface area contributed by atoms with Crippen LogP contribution in [0.5, 0.6) is 0 Å². The van der Waals surface area contributed by atoms with Crippen LogP contribution in [0.2, 0.25) is 0 Å². The van der Waals surface area contributed by atoms with Crippen molar-refractivity contribution < 1.29 is 0 Å². The molecule has 0 amide bonds.